The smallest absolute Gasteiger partial charge is 0.240 e. The second kappa shape index (κ2) is 6.95. The highest BCUT2D eigenvalue weighted by atomic mass is 35.5. The second-order valence-corrected chi connectivity index (χ2v) is 6.83. The Morgan fingerprint density at radius 2 is 1.74 bits per heavy atom. The minimum absolute atomic E-state index is 0.0355. The van der Waals surface area contributed by atoms with Crippen LogP contribution in [0.2, 0.25) is 5.02 Å². The van der Waals surface area contributed by atoms with Crippen molar-refractivity contribution in [2.45, 2.75) is 11.8 Å². The number of primary sulfonamides is 1. The predicted molar refractivity (Wildman–Crippen MR) is 91.0 cm³/mol. The number of hydrogen-bond acceptors (Lipinski definition) is 4. The standard InChI is InChI=1S/C16H15ClN2O3S/c1-11(10-15(20)12-6-8-13(17)9-7-12)19-14-4-2-3-5-16(14)23(18,21)22/h2-10,19H,1H3,(H2,18,21,22)/b11-10-. The van der Waals surface area contributed by atoms with Crippen LogP contribution >= 0.6 is 11.6 Å². The summed E-state index contributed by atoms with van der Waals surface area (Å²) in [5.74, 6) is -0.222. The number of ketones is 1. The number of nitrogens with two attached hydrogens (primary N) is 1. The van der Waals surface area contributed by atoms with Crippen molar-refractivity contribution in [1.29, 1.82) is 0 Å². The molecule has 7 heteroatoms. The molecular weight excluding hydrogens is 336 g/mol. The number of carbonyl (C=O) groups is 1. The molecule has 120 valence electrons. The van der Waals surface area contributed by atoms with Crippen LogP contribution in [0.4, 0.5) is 5.69 Å². The van der Waals surface area contributed by atoms with Crippen LogP contribution in [0.15, 0.2) is 65.2 Å². The molecule has 0 bridgehead atoms. The van der Waals surface area contributed by atoms with Gasteiger partial charge >= 0.3 is 0 Å². The van der Waals surface area contributed by atoms with Crippen molar-refractivity contribution in [2.75, 3.05) is 5.32 Å². The highest BCUT2D eigenvalue weighted by Crippen LogP contribution is 2.21. The Morgan fingerprint density at radius 3 is 2.35 bits per heavy atom. The summed E-state index contributed by atoms with van der Waals surface area (Å²) in [7, 11) is -3.85. The van der Waals surface area contributed by atoms with Gasteiger partial charge in [0.1, 0.15) is 4.90 Å². The predicted octanol–water partition coefficient (Wildman–Crippen LogP) is 3.19. The van der Waals surface area contributed by atoms with E-state index in [9.17, 15) is 13.2 Å². The molecule has 3 N–H and O–H groups in total. The van der Waals surface area contributed by atoms with E-state index in [0.29, 0.717) is 22.0 Å². The molecule has 2 aromatic carbocycles. The molecule has 0 aliphatic carbocycles. The molecular formula is C16H15ClN2O3S. The molecule has 0 heterocycles. The molecule has 0 amide bonds. The van der Waals surface area contributed by atoms with Crippen molar-refractivity contribution in [3.63, 3.8) is 0 Å². The van der Waals surface area contributed by atoms with E-state index in [1.165, 1.54) is 12.1 Å². The molecule has 0 aliphatic heterocycles. The lowest BCUT2D eigenvalue weighted by molar-refractivity contribution is 0.104. The summed E-state index contributed by atoms with van der Waals surface area (Å²) in [5.41, 5.74) is 1.28. The number of halogens is 1. The average Bonchev–Trinajstić information content (AvgIpc) is 2.47. The fraction of sp³-hybridized carbons (Fsp3) is 0.0625. The van der Waals surface area contributed by atoms with Gasteiger partial charge in [-0.05, 0) is 43.3 Å². The number of hydrogen-bond donors (Lipinski definition) is 2. The molecule has 0 aromatic heterocycles. The Balaban J connectivity index is 2.24. The summed E-state index contributed by atoms with van der Waals surface area (Å²) in [4.78, 5) is 12.1. The van der Waals surface area contributed by atoms with E-state index in [0.717, 1.165) is 0 Å². The first kappa shape index (κ1) is 17.2. The van der Waals surface area contributed by atoms with E-state index < -0.39 is 10.0 Å². The van der Waals surface area contributed by atoms with Crippen LogP contribution in [0.5, 0.6) is 0 Å². The zero-order valence-corrected chi connectivity index (χ0v) is 13.9. The molecule has 0 fully saturated rings. The van der Waals surface area contributed by atoms with Gasteiger partial charge in [0.15, 0.2) is 5.78 Å². The molecule has 23 heavy (non-hydrogen) atoms. The number of allylic oxidation sites excluding steroid dienone is 2. The van der Waals surface area contributed by atoms with E-state index in [-0.39, 0.29) is 10.7 Å². The molecule has 0 radical (unpaired) electrons. The summed E-state index contributed by atoms with van der Waals surface area (Å²) in [6.07, 6.45) is 1.38. The summed E-state index contributed by atoms with van der Waals surface area (Å²) >= 11 is 5.78. The van der Waals surface area contributed by atoms with Gasteiger partial charge in [-0.25, -0.2) is 13.6 Å². The Bertz CT molecular complexity index is 859. The van der Waals surface area contributed by atoms with Gasteiger partial charge in [-0.3, -0.25) is 4.79 Å². The molecule has 0 spiro atoms. The monoisotopic (exact) mass is 350 g/mol. The first-order chi connectivity index (χ1) is 10.8. The highest BCUT2D eigenvalue weighted by molar-refractivity contribution is 7.89. The number of rotatable bonds is 5. The lowest BCUT2D eigenvalue weighted by Gasteiger charge is -2.10. The molecule has 0 aliphatic rings. The van der Waals surface area contributed by atoms with Gasteiger partial charge in [0.05, 0.1) is 5.69 Å². The normalized spacial score (nSPS) is 12.0. The SMILES string of the molecule is C/C(=C/C(=O)c1ccc(Cl)cc1)Nc1ccccc1S(N)(=O)=O. The number of sulfonamides is 1. The molecule has 0 saturated heterocycles. The van der Waals surface area contributed by atoms with Gasteiger partial charge in [0.25, 0.3) is 0 Å². The van der Waals surface area contributed by atoms with Crippen molar-refractivity contribution < 1.29 is 13.2 Å². The molecule has 0 saturated carbocycles. The summed E-state index contributed by atoms with van der Waals surface area (Å²) in [6.45, 7) is 1.66. The molecule has 0 atom stereocenters. The Kier molecular flexibility index (Phi) is 5.20. The fourth-order valence-electron chi connectivity index (χ4n) is 1.96. The lowest BCUT2D eigenvalue weighted by atomic mass is 10.1. The van der Waals surface area contributed by atoms with Crippen LogP contribution in [0.3, 0.4) is 0 Å². The van der Waals surface area contributed by atoms with Crippen molar-refractivity contribution in [3.8, 4) is 0 Å². The number of para-hydroxylation sites is 1. The van der Waals surface area contributed by atoms with Crippen LogP contribution in [-0.2, 0) is 10.0 Å². The molecule has 2 rings (SSSR count). The quantitative estimate of drug-likeness (QED) is 0.640. The maximum absolute atomic E-state index is 12.1. The van der Waals surface area contributed by atoms with Crippen molar-refractivity contribution >= 4 is 33.1 Å². The second-order valence-electron chi connectivity index (χ2n) is 4.86. The third-order valence-corrected chi connectivity index (χ3v) is 4.22. The van der Waals surface area contributed by atoms with Crippen molar-refractivity contribution in [1.82, 2.24) is 0 Å². The Morgan fingerprint density at radius 1 is 1.13 bits per heavy atom. The van der Waals surface area contributed by atoms with Crippen molar-refractivity contribution in [3.05, 3.63) is 70.9 Å². The topological polar surface area (TPSA) is 89.3 Å². The summed E-state index contributed by atoms with van der Waals surface area (Å²) < 4.78 is 23.1. The Hall–Kier alpha value is -2.15. The van der Waals surface area contributed by atoms with Crippen LogP contribution in [0.25, 0.3) is 0 Å². The van der Waals surface area contributed by atoms with E-state index in [1.54, 1.807) is 49.4 Å². The zero-order chi connectivity index (χ0) is 17.0. The summed E-state index contributed by atoms with van der Waals surface area (Å²) in [6, 6.07) is 12.7. The molecule has 0 unspecified atom stereocenters. The van der Waals surface area contributed by atoms with Gasteiger partial charge in [0, 0.05) is 22.4 Å². The van der Waals surface area contributed by atoms with E-state index in [1.807, 2.05) is 0 Å². The largest absolute Gasteiger partial charge is 0.358 e. The van der Waals surface area contributed by atoms with E-state index in [2.05, 4.69) is 5.32 Å². The van der Waals surface area contributed by atoms with Gasteiger partial charge in [-0.15, -0.1) is 0 Å². The van der Waals surface area contributed by atoms with Crippen molar-refractivity contribution in [2.24, 2.45) is 5.14 Å². The zero-order valence-electron chi connectivity index (χ0n) is 12.3. The van der Waals surface area contributed by atoms with Gasteiger partial charge in [-0.2, -0.15) is 0 Å². The van der Waals surface area contributed by atoms with E-state index >= 15 is 0 Å². The number of benzene rings is 2. The van der Waals surface area contributed by atoms with Crippen LogP contribution in [0, 0.1) is 0 Å². The third kappa shape index (κ3) is 4.66. The van der Waals surface area contributed by atoms with E-state index in [4.69, 9.17) is 16.7 Å². The fourth-order valence-corrected chi connectivity index (χ4v) is 2.78. The molecule has 5 nitrogen and oxygen atoms in total. The number of anilines is 1. The van der Waals surface area contributed by atoms with Crippen LogP contribution in [0.1, 0.15) is 17.3 Å². The molecule has 2 aromatic rings. The Labute approximate surface area is 139 Å². The first-order valence-electron chi connectivity index (χ1n) is 6.64. The average molecular weight is 351 g/mol. The van der Waals surface area contributed by atoms with Crippen LogP contribution in [-0.4, -0.2) is 14.2 Å². The van der Waals surface area contributed by atoms with Crippen LogP contribution < -0.4 is 10.5 Å². The number of nitrogens with one attached hydrogen (secondary N) is 1. The van der Waals surface area contributed by atoms with Gasteiger partial charge in [0.2, 0.25) is 10.0 Å². The maximum Gasteiger partial charge on any atom is 0.240 e. The maximum atomic E-state index is 12.1. The highest BCUT2D eigenvalue weighted by Gasteiger charge is 2.13. The third-order valence-electron chi connectivity index (χ3n) is 3.00. The minimum atomic E-state index is -3.85. The lowest BCUT2D eigenvalue weighted by Crippen LogP contribution is -2.14. The first-order valence-corrected chi connectivity index (χ1v) is 8.57. The minimum Gasteiger partial charge on any atom is -0.358 e. The number of carbonyl (C=O) groups excluding carboxylic acids is 1. The van der Waals surface area contributed by atoms with Gasteiger partial charge < -0.3 is 5.32 Å². The van der Waals surface area contributed by atoms with Gasteiger partial charge in [-0.1, -0.05) is 23.7 Å². The summed E-state index contributed by atoms with van der Waals surface area (Å²) in [5, 5.41) is 8.60.